The lowest BCUT2D eigenvalue weighted by Crippen LogP contribution is -2.39. The van der Waals surface area contributed by atoms with Crippen LogP contribution in [0, 0.1) is 0 Å². The van der Waals surface area contributed by atoms with Crippen LogP contribution in [0.5, 0.6) is 5.75 Å². The summed E-state index contributed by atoms with van der Waals surface area (Å²) in [5.41, 5.74) is 0.395. The molecule has 1 unspecified atom stereocenters. The molecule has 162 valence electrons. The van der Waals surface area contributed by atoms with E-state index in [9.17, 15) is 9.59 Å². The summed E-state index contributed by atoms with van der Waals surface area (Å²) in [7, 11) is 0. The highest BCUT2D eigenvalue weighted by atomic mass is 16.6. The maximum absolute atomic E-state index is 12.9. The van der Waals surface area contributed by atoms with Gasteiger partial charge in [0.05, 0.1) is 12.6 Å². The van der Waals surface area contributed by atoms with Gasteiger partial charge in [0.25, 0.3) is 0 Å². The van der Waals surface area contributed by atoms with Crippen LogP contribution in [-0.4, -0.2) is 47.0 Å². The number of carboxylic acid groups (broad SMARTS) is 1. The molecule has 2 aromatic carbocycles. The second kappa shape index (κ2) is 8.81. The van der Waals surface area contributed by atoms with Crippen molar-refractivity contribution < 1.29 is 24.2 Å². The lowest BCUT2D eigenvalue weighted by Gasteiger charge is -2.32. The fourth-order valence-electron chi connectivity index (χ4n) is 3.43. The van der Waals surface area contributed by atoms with Crippen LogP contribution in [0.3, 0.4) is 0 Å². The van der Waals surface area contributed by atoms with Crippen LogP contribution in [0.25, 0.3) is 10.8 Å². The summed E-state index contributed by atoms with van der Waals surface area (Å²) < 4.78 is 11.6. The highest BCUT2D eigenvalue weighted by molar-refractivity contribution is 5.89. The van der Waals surface area contributed by atoms with Crippen molar-refractivity contribution in [3.05, 3.63) is 42.0 Å². The van der Waals surface area contributed by atoms with Crippen molar-refractivity contribution >= 4 is 23.0 Å². The Morgan fingerprint density at radius 2 is 1.93 bits per heavy atom. The minimum Gasteiger partial charge on any atom is -0.491 e. The zero-order valence-electron chi connectivity index (χ0n) is 18.0. The Bertz CT molecular complexity index is 917. The predicted molar refractivity (Wildman–Crippen MR) is 115 cm³/mol. The number of ether oxygens (including phenoxy) is 2. The summed E-state index contributed by atoms with van der Waals surface area (Å²) in [6, 6.07) is 11.9. The Hall–Kier alpha value is -2.96. The van der Waals surface area contributed by atoms with E-state index in [0.29, 0.717) is 5.75 Å². The minimum atomic E-state index is -1.08. The molecular weight excluding hydrogens is 384 g/mol. The summed E-state index contributed by atoms with van der Waals surface area (Å²) >= 11 is 0. The first-order valence-electron chi connectivity index (χ1n) is 10.3. The third-order valence-corrected chi connectivity index (χ3v) is 4.93. The van der Waals surface area contributed by atoms with Crippen LogP contribution in [-0.2, 0) is 4.74 Å². The van der Waals surface area contributed by atoms with Crippen LogP contribution in [0.4, 0.5) is 9.59 Å². The van der Waals surface area contributed by atoms with Crippen LogP contribution < -0.4 is 10.1 Å². The highest BCUT2D eigenvalue weighted by Gasteiger charge is 2.38. The van der Waals surface area contributed by atoms with Gasteiger partial charge in [-0.05, 0) is 63.6 Å². The molecule has 0 radical (unpaired) electrons. The molecule has 1 aliphatic rings. The molecule has 1 aliphatic carbocycles. The molecule has 2 N–H and O–H groups in total. The fraction of sp³-hybridized carbons (Fsp3) is 0.478. The van der Waals surface area contributed by atoms with E-state index in [1.807, 2.05) is 62.9 Å². The number of fused-ring (bicyclic) bond motifs is 1. The molecule has 0 saturated heterocycles. The predicted octanol–water partition coefficient (Wildman–Crippen LogP) is 4.95. The van der Waals surface area contributed by atoms with Gasteiger partial charge in [-0.3, -0.25) is 4.90 Å². The average Bonchev–Trinajstić information content (AvgIpc) is 3.48. The van der Waals surface area contributed by atoms with Gasteiger partial charge in [-0.25, -0.2) is 9.59 Å². The number of nitrogens with one attached hydrogen (secondary N) is 1. The molecule has 1 atom stereocenters. The van der Waals surface area contributed by atoms with Gasteiger partial charge in [-0.2, -0.15) is 0 Å². The number of carbonyl (C=O) groups is 2. The minimum absolute atomic E-state index is 0.184. The van der Waals surface area contributed by atoms with Crippen molar-refractivity contribution in [1.29, 1.82) is 0 Å². The normalized spacial score (nSPS) is 14.8. The molecule has 0 heterocycles. The zero-order chi connectivity index (χ0) is 21.9. The summed E-state index contributed by atoms with van der Waals surface area (Å²) in [5, 5.41) is 13.0. The van der Waals surface area contributed by atoms with Crippen molar-refractivity contribution in [1.82, 2.24) is 10.2 Å². The third-order valence-electron chi connectivity index (χ3n) is 4.93. The van der Waals surface area contributed by atoms with Crippen molar-refractivity contribution in [3.8, 4) is 5.75 Å². The Morgan fingerprint density at radius 3 is 2.57 bits per heavy atom. The zero-order valence-corrected chi connectivity index (χ0v) is 18.0. The molecule has 2 amide bonds. The first-order chi connectivity index (χ1) is 14.2. The van der Waals surface area contributed by atoms with E-state index < -0.39 is 11.7 Å². The van der Waals surface area contributed by atoms with E-state index in [-0.39, 0.29) is 31.3 Å². The maximum atomic E-state index is 12.9. The number of hydrogen-bond donors (Lipinski definition) is 2. The number of rotatable bonds is 7. The molecule has 0 aliphatic heterocycles. The van der Waals surface area contributed by atoms with Crippen LogP contribution in [0.15, 0.2) is 36.4 Å². The third kappa shape index (κ3) is 5.55. The second-order valence-electron chi connectivity index (χ2n) is 8.62. The van der Waals surface area contributed by atoms with Crippen LogP contribution in [0.1, 0.15) is 52.1 Å². The van der Waals surface area contributed by atoms with Gasteiger partial charge in [0.1, 0.15) is 18.0 Å². The highest BCUT2D eigenvalue weighted by Crippen LogP contribution is 2.38. The smallest absolute Gasteiger partial charge is 0.411 e. The van der Waals surface area contributed by atoms with Gasteiger partial charge in [0.15, 0.2) is 0 Å². The molecule has 30 heavy (non-hydrogen) atoms. The van der Waals surface area contributed by atoms with Gasteiger partial charge in [0.2, 0.25) is 0 Å². The summed E-state index contributed by atoms with van der Waals surface area (Å²) in [5.74, 6) is 0.669. The van der Waals surface area contributed by atoms with E-state index >= 15 is 0 Å². The molecule has 3 rings (SSSR count). The Morgan fingerprint density at radius 1 is 1.23 bits per heavy atom. The standard InChI is InChI=1S/C23H30N2O5/c1-15(25(18-9-10-18)22(28)30-23(2,3)4)17-13-16-7-5-6-8-19(16)20(14-17)29-12-11-24-21(26)27/h5-8,13-15,18,24H,9-12H2,1-4H3,(H,26,27). The SMILES string of the molecule is CC(c1cc(OCCNC(=O)O)c2ccccc2c1)N(C(=O)OC(C)(C)C)C1CC1. The fourth-order valence-corrected chi connectivity index (χ4v) is 3.43. The molecule has 0 aromatic heterocycles. The second-order valence-corrected chi connectivity index (χ2v) is 8.62. The number of hydrogen-bond acceptors (Lipinski definition) is 4. The molecule has 7 heteroatoms. The molecule has 1 fully saturated rings. The quantitative estimate of drug-likeness (QED) is 0.626. The molecule has 1 saturated carbocycles. The largest absolute Gasteiger partial charge is 0.491 e. The van der Waals surface area contributed by atoms with E-state index in [1.165, 1.54) is 0 Å². The molecule has 0 bridgehead atoms. The molecule has 7 nitrogen and oxygen atoms in total. The lowest BCUT2D eigenvalue weighted by molar-refractivity contribution is 0.0153. The summed E-state index contributed by atoms with van der Waals surface area (Å²) in [4.78, 5) is 25.4. The van der Waals surface area contributed by atoms with E-state index in [1.54, 1.807) is 0 Å². The van der Waals surface area contributed by atoms with Gasteiger partial charge in [-0.1, -0.05) is 24.3 Å². The number of carbonyl (C=O) groups excluding carboxylic acids is 1. The van der Waals surface area contributed by atoms with E-state index in [0.717, 1.165) is 29.2 Å². The van der Waals surface area contributed by atoms with Gasteiger partial charge in [-0.15, -0.1) is 0 Å². The first-order valence-corrected chi connectivity index (χ1v) is 10.3. The topological polar surface area (TPSA) is 88.1 Å². The van der Waals surface area contributed by atoms with E-state index in [2.05, 4.69) is 11.4 Å². The molecule has 2 aromatic rings. The average molecular weight is 415 g/mol. The van der Waals surface area contributed by atoms with Gasteiger partial charge in [0, 0.05) is 11.4 Å². The molecular formula is C23H30N2O5. The monoisotopic (exact) mass is 414 g/mol. The van der Waals surface area contributed by atoms with Gasteiger partial charge >= 0.3 is 12.2 Å². The Labute approximate surface area is 177 Å². The summed E-state index contributed by atoms with van der Waals surface area (Å²) in [6.45, 7) is 8.01. The van der Waals surface area contributed by atoms with Gasteiger partial charge < -0.3 is 19.9 Å². The summed E-state index contributed by atoms with van der Waals surface area (Å²) in [6.07, 6.45) is 0.560. The number of benzene rings is 2. The molecule has 0 spiro atoms. The van der Waals surface area contributed by atoms with Crippen molar-refractivity contribution in [2.45, 2.75) is 58.2 Å². The Kier molecular flexibility index (Phi) is 6.39. The number of nitrogens with zero attached hydrogens (tertiary/aromatic N) is 1. The van der Waals surface area contributed by atoms with Crippen molar-refractivity contribution in [3.63, 3.8) is 0 Å². The van der Waals surface area contributed by atoms with Crippen molar-refractivity contribution in [2.75, 3.05) is 13.2 Å². The van der Waals surface area contributed by atoms with E-state index in [4.69, 9.17) is 14.6 Å². The van der Waals surface area contributed by atoms with Crippen molar-refractivity contribution in [2.24, 2.45) is 0 Å². The number of amides is 2. The first kappa shape index (κ1) is 21.7. The van der Waals surface area contributed by atoms with Crippen LogP contribution >= 0.6 is 0 Å². The lowest BCUT2D eigenvalue weighted by atomic mass is 10.0. The maximum Gasteiger partial charge on any atom is 0.411 e. The van der Waals surface area contributed by atoms with Crippen LogP contribution in [0.2, 0.25) is 0 Å². The Balaban J connectivity index is 1.88.